The molecule has 1 spiro atoms. The number of piperidine rings is 1. The molecule has 3 heterocycles. The molecule has 3 aromatic rings. The van der Waals surface area contributed by atoms with Crippen molar-refractivity contribution in [1.82, 2.24) is 9.97 Å². The number of aromatic amines is 1. The first-order valence-corrected chi connectivity index (χ1v) is 9.46. The first-order valence-electron chi connectivity index (χ1n) is 9.46. The van der Waals surface area contributed by atoms with E-state index in [1.54, 1.807) is 7.11 Å². The number of hydrogen-bond donors (Lipinski definition) is 1. The molecule has 1 aromatic heterocycles. The van der Waals surface area contributed by atoms with Crippen molar-refractivity contribution in [3.05, 3.63) is 65.9 Å². The van der Waals surface area contributed by atoms with E-state index < -0.39 is 5.60 Å². The highest BCUT2D eigenvalue weighted by molar-refractivity contribution is 5.94. The molecule has 7 heteroatoms. The molecule has 0 atom stereocenters. The van der Waals surface area contributed by atoms with Gasteiger partial charge in [0.1, 0.15) is 11.4 Å². The molecule has 5 rings (SSSR count). The highest BCUT2D eigenvalue weighted by Gasteiger charge is 2.47. The number of rotatable bonds is 3. The van der Waals surface area contributed by atoms with Crippen LogP contribution in [0.5, 0.6) is 5.75 Å². The lowest BCUT2D eigenvalue weighted by Crippen LogP contribution is -2.43. The summed E-state index contributed by atoms with van der Waals surface area (Å²) >= 11 is 0. The van der Waals surface area contributed by atoms with Crippen LogP contribution < -0.4 is 9.64 Å². The van der Waals surface area contributed by atoms with E-state index in [1.165, 1.54) is 0 Å². The number of halogens is 1. The van der Waals surface area contributed by atoms with Gasteiger partial charge in [0, 0.05) is 43.3 Å². The number of carbonyl (C=O) groups is 1. The van der Waals surface area contributed by atoms with Crippen LogP contribution in [0.4, 0.5) is 5.95 Å². The Morgan fingerprint density at radius 1 is 1.14 bits per heavy atom. The number of methoxy groups -OCH3 is 1. The van der Waals surface area contributed by atoms with Crippen LogP contribution in [-0.4, -0.2) is 36.1 Å². The third kappa shape index (κ3) is 3.23. The molecule has 2 aliphatic rings. The van der Waals surface area contributed by atoms with Gasteiger partial charge in [0.05, 0.1) is 18.4 Å². The zero-order chi connectivity index (χ0) is 19.1. The van der Waals surface area contributed by atoms with Crippen LogP contribution in [0.25, 0.3) is 11.3 Å². The normalized spacial score (nSPS) is 16.9. The molecule has 150 valence electrons. The van der Waals surface area contributed by atoms with Crippen molar-refractivity contribution < 1.29 is 14.3 Å². The zero-order valence-corrected chi connectivity index (χ0v) is 16.9. The molecule has 1 fully saturated rings. The van der Waals surface area contributed by atoms with E-state index in [4.69, 9.17) is 14.5 Å². The Morgan fingerprint density at radius 2 is 1.93 bits per heavy atom. The van der Waals surface area contributed by atoms with Crippen LogP contribution in [0.2, 0.25) is 0 Å². The summed E-state index contributed by atoms with van der Waals surface area (Å²) in [5, 5.41) is 0. The average Bonchev–Trinajstić information content (AvgIpc) is 3.33. The number of H-pyrrole nitrogens is 1. The standard InChI is InChI=1S/C22H21N3O3.ClH/c1-27-16-6-4-5-15(13-16)19-14-23-21(24-19)25-11-9-22(10-12-25)18-8-3-2-7-17(18)20(26)28-22;/h2-8,13-14H,9-12H2,1H3,(H,23,24);1H. The molecule has 0 amide bonds. The number of esters is 1. The smallest absolute Gasteiger partial charge is 0.339 e. The second-order valence-corrected chi connectivity index (χ2v) is 7.26. The molecule has 0 bridgehead atoms. The quantitative estimate of drug-likeness (QED) is 0.655. The lowest BCUT2D eigenvalue weighted by atomic mass is 9.84. The third-order valence-electron chi connectivity index (χ3n) is 5.73. The number of ether oxygens (including phenoxy) is 2. The number of anilines is 1. The van der Waals surface area contributed by atoms with Crippen molar-refractivity contribution in [2.75, 3.05) is 25.1 Å². The zero-order valence-electron chi connectivity index (χ0n) is 16.1. The molecule has 0 unspecified atom stereocenters. The molecule has 1 N–H and O–H groups in total. The molecule has 0 saturated carbocycles. The average molecular weight is 412 g/mol. The molecule has 29 heavy (non-hydrogen) atoms. The van der Waals surface area contributed by atoms with Gasteiger partial charge in [0.2, 0.25) is 5.95 Å². The van der Waals surface area contributed by atoms with Crippen molar-refractivity contribution in [2.24, 2.45) is 0 Å². The van der Waals surface area contributed by atoms with E-state index in [0.29, 0.717) is 5.56 Å². The van der Waals surface area contributed by atoms with Gasteiger partial charge >= 0.3 is 5.97 Å². The Bertz CT molecular complexity index is 1040. The van der Waals surface area contributed by atoms with Gasteiger partial charge in [-0.25, -0.2) is 9.78 Å². The second-order valence-electron chi connectivity index (χ2n) is 7.26. The molecular weight excluding hydrogens is 390 g/mol. The van der Waals surface area contributed by atoms with Crippen LogP contribution in [0.1, 0.15) is 28.8 Å². The summed E-state index contributed by atoms with van der Waals surface area (Å²) in [6, 6.07) is 15.6. The molecule has 0 aliphatic carbocycles. The second kappa shape index (κ2) is 7.44. The molecule has 0 radical (unpaired) electrons. The fraction of sp³-hybridized carbons (Fsp3) is 0.273. The summed E-state index contributed by atoms with van der Waals surface area (Å²) < 4.78 is 11.1. The summed E-state index contributed by atoms with van der Waals surface area (Å²) in [6.45, 7) is 1.54. The van der Waals surface area contributed by atoms with E-state index in [2.05, 4.69) is 9.88 Å². The van der Waals surface area contributed by atoms with Gasteiger partial charge in [0.15, 0.2) is 0 Å². The van der Waals surface area contributed by atoms with Crippen LogP contribution in [0, 0.1) is 0 Å². The highest BCUT2D eigenvalue weighted by Crippen LogP contribution is 2.44. The molecule has 2 aliphatic heterocycles. The van der Waals surface area contributed by atoms with Crippen LogP contribution in [-0.2, 0) is 10.3 Å². The maximum absolute atomic E-state index is 12.2. The SMILES string of the molecule is COc1cccc(-c2c[nH]c(N3CCC4(CC3)OC(=O)c3ccccc34)n2)c1.Cl. The minimum atomic E-state index is -0.494. The summed E-state index contributed by atoms with van der Waals surface area (Å²) in [5.41, 5.74) is 3.12. The van der Waals surface area contributed by atoms with Gasteiger partial charge < -0.3 is 19.4 Å². The number of imidazole rings is 1. The Labute approximate surface area is 175 Å². The van der Waals surface area contributed by atoms with Crippen molar-refractivity contribution in [1.29, 1.82) is 0 Å². The van der Waals surface area contributed by atoms with Gasteiger partial charge in [-0.15, -0.1) is 12.4 Å². The molecule has 2 aromatic carbocycles. The van der Waals surface area contributed by atoms with Crippen molar-refractivity contribution in [3.8, 4) is 17.0 Å². The van der Waals surface area contributed by atoms with Gasteiger partial charge in [0.25, 0.3) is 0 Å². The van der Waals surface area contributed by atoms with E-state index in [-0.39, 0.29) is 18.4 Å². The number of fused-ring (bicyclic) bond motifs is 2. The van der Waals surface area contributed by atoms with Gasteiger partial charge in [-0.05, 0) is 18.2 Å². The fourth-order valence-corrected chi connectivity index (χ4v) is 4.20. The van der Waals surface area contributed by atoms with Crippen LogP contribution in [0.3, 0.4) is 0 Å². The lowest BCUT2D eigenvalue weighted by Gasteiger charge is -2.38. The minimum Gasteiger partial charge on any atom is -0.497 e. The number of hydrogen-bond acceptors (Lipinski definition) is 5. The summed E-state index contributed by atoms with van der Waals surface area (Å²) in [7, 11) is 1.66. The first kappa shape index (κ1) is 19.3. The highest BCUT2D eigenvalue weighted by atomic mass is 35.5. The summed E-state index contributed by atoms with van der Waals surface area (Å²) in [6.07, 6.45) is 3.43. The van der Waals surface area contributed by atoms with E-state index >= 15 is 0 Å². The maximum atomic E-state index is 12.2. The summed E-state index contributed by atoms with van der Waals surface area (Å²) in [4.78, 5) is 22.5. The monoisotopic (exact) mass is 411 g/mol. The Kier molecular flexibility index (Phi) is 4.96. The Balaban J connectivity index is 0.00000205. The van der Waals surface area contributed by atoms with Crippen molar-refractivity contribution >= 4 is 24.3 Å². The van der Waals surface area contributed by atoms with Crippen LogP contribution >= 0.6 is 12.4 Å². The first-order chi connectivity index (χ1) is 13.7. The largest absolute Gasteiger partial charge is 0.497 e. The summed E-state index contributed by atoms with van der Waals surface area (Å²) in [5.74, 6) is 1.44. The van der Waals surface area contributed by atoms with Crippen molar-refractivity contribution in [3.63, 3.8) is 0 Å². The minimum absolute atomic E-state index is 0. The topological polar surface area (TPSA) is 67.4 Å². The molecule has 6 nitrogen and oxygen atoms in total. The predicted molar refractivity (Wildman–Crippen MR) is 113 cm³/mol. The van der Waals surface area contributed by atoms with Gasteiger partial charge in [-0.1, -0.05) is 30.3 Å². The number of nitrogens with zero attached hydrogens (tertiary/aromatic N) is 2. The third-order valence-corrected chi connectivity index (χ3v) is 5.73. The van der Waals surface area contributed by atoms with Crippen LogP contribution in [0.15, 0.2) is 54.7 Å². The molecule has 1 saturated heterocycles. The lowest BCUT2D eigenvalue weighted by molar-refractivity contribution is -0.0211. The van der Waals surface area contributed by atoms with E-state index in [1.807, 2.05) is 54.7 Å². The van der Waals surface area contributed by atoms with Gasteiger partial charge in [-0.3, -0.25) is 0 Å². The molecular formula is C22H22ClN3O3. The Hall–Kier alpha value is -2.99. The van der Waals surface area contributed by atoms with Gasteiger partial charge in [-0.2, -0.15) is 0 Å². The van der Waals surface area contributed by atoms with E-state index in [9.17, 15) is 4.79 Å². The fourth-order valence-electron chi connectivity index (χ4n) is 4.20. The van der Waals surface area contributed by atoms with E-state index in [0.717, 1.165) is 54.4 Å². The van der Waals surface area contributed by atoms with Crippen molar-refractivity contribution in [2.45, 2.75) is 18.4 Å². The predicted octanol–water partition coefficient (Wildman–Crippen LogP) is 4.17. The maximum Gasteiger partial charge on any atom is 0.339 e. The number of nitrogens with one attached hydrogen (secondary N) is 1. The number of benzene rings is 2. The Morgan fingerprint density at radius 3 is 2.72 bits per heavy atom. The number of aromatic nitrogens is 2. The number of carbonyl (C=O) groups excluding carboxylic acids is 1.